The zero-order valence-corrected chi connectivity index (χ0v) is 20.0. The second kappa shape index (κ2) is 12.1. The van der Waals surface area contributed by atoms with Crippen LogP contribution in [0.4, 0.5) is 0 Å². The monoisotopic (exact) mass is 490 g/mol. The molecule has 0 bridgehead atoms. The SMILES string of the molecule is COc1ccc(OP(=O)(Oc2ccc(OC)cc2)[n+]2ccccc2)cc1.N#Cc1cccc([O-])c1. The lowest BCUT2D eigenvalue weighted by Gasteiger charge is -2.14. The highest BCUT2D eigenvalue weighted by Gasteiger charge is 2.42. The molecule has 0 radical (unpaired) electrons. The minimum Gasteiger partial charge on any atom is -0.872 e. The number of rotatable bonds is 7. The van der Waals surface area contributed by atoms with Gasteiger partial charge in [0.1, 0.15) is 23.0 Å². The van der Waals surface area contributed by atoms with Gasteiger partial charge in [0.25, 0.3) is 0 Å². The van der Waals surface area contributed by atoms with E-state index < -0.39 is 7.75 Å². The normalized spacial score (nSPS) is 10.2. The molecular formula is C26H23N2O6P. The molecule has 0 saturated heterocycles. The number of nitriles is 1. The predicted molar refractivity (Wildman–Crippen MR) is 127 cm³/mol. The molecule has 0 aliphatic heterocycles. The fraction of sp³-hybridized carbons (Fsp3) is 0.0769. The summed E-state index contributed by atoms with van der Waals surface area (Å²) in [5.74, 6) is 2.04. The van der Waals surface area contributed by atoms with Crippen LogP contribution in [0.15, 0.2) is 103 Å². The van der Waals surface area contributed by atoms with Crippen LogP contribution in [-0.4, -0.2) is 14.2 Å². The van der Waals surface area contributed by atoms with E-state index in [1.54, 1.807) is 99.4 Å². The van der Waals surface area contributed by atoms with Crippen molar-refractivity contribution in [2.45, 2.75) is 0 Å². The first-order valence-corrected chi connectivity index (χ1v) is 11.9. The third-order valence-electron chi connectivity index (χ3n) is 4.51. The second-order valence-electron chi connectivity index (χ2n) is 6.90. The van der Waals surface area contributed by atoms with Gasteiger partial charge in [-0.1, -0.05) is 28.6 Å². The molecule has 1 aromatic heterocycles. The summed E-state index contributed by atoms with van der Waals surface area (Å²) in [5, 5.41) is 18.8. The Morgan fingerprint density at radius 2 is 1.23 bits per heavy atom. The van der Waals surface area contributed by atoms with Gasteiger partial charge >= 0.3 is 7.75 Å². The fourth-order valence-corrected chi connectivity index (χ4v) is 4.25. The highest BCUT2D eigenvalue weighted by molar-refractivity contribution is 7.47. The molecule has 0 saturated carbocycles. The van der Waals surface area contributed by atoms with Gasteiger partial charge in [0.05, 0.1) is 25.9 Å². The molecule has 3 aromatic carbocycles. The van der Waals surface area contributed by atoms with Crippen LogP contribution in [-0.2, 0) is 4.57 Å². The quantitative estimate of drug-likeness (QED) is 0.345. The van der Waals surface area contributed by atoms with Crippen LogP contribution >= 0.6 is 7.75 Å². The predicted octanol–water partition coefficient (Wildman–Crippen LogP) is 4.74. The van der Waals surface area contributed by atoms with E-state index in [2.05, 4.69) is 0 Å². The van der Waals surface area contributed by atoms with Gasteiger partial charge in [-0.15, -0.1) is 5.75 Å². The topological polar surface area (TPSA) is 105 Å². The second-order valence-corrected chi connectivity index (χ2v) is 8.66. The third kappa shape index (κ3) is 7.26. The molecule has 0 fully saturated rings. The minimum absolute atomic E-state index is 0.117. The Morgan fingerprint density at radius 1 is 0.743 bits per heavy atom. The number of aromatic nitrogens is 1. The molecule has 178 valence electrons. The van der Waals surface area contributed by atoms with Gasteiger partial charge in [-0.25, -0.2) is 0 Å². The lowest BCUT2D eigenvalue weighted by molar-refractivity contribution is -0.536. The maximum atomic E-state index is 13.5. The van der Waals surface area contributed by atoms with Crippen LogP contribution in [0.5, 0.6) is 28.7 Å². The van der Waals surface area contributed by atoms with E-state index in [0.29, 0.717) is 28.6 Å². The molecule has 1 heterocycles. The van der Waals surface area contributed by atoms with E-state index in [1.165, 1.54) is 16.5 Å². The minimum atomic E-state index is -3.73. The van der Waals surface area contributed by atoms with Gasteiger partial charge in [0.2, 0.25) is 0 Å². The van der Waals surface area contributed by atoms with Gasteiger partial charge < -0.3 is 23.6 Å². The highest BCUT2D eigenvalue weighted by Crippen LogP contribution is 2.44. The molecule has 9 heteroatoms. The Balaban J connectivity index is 0.000000320. The van der Waals surface area contributed by atoms with E-state index in [4.69, 9.17) is 23.8 Å². The Morgan fingerprint density at radius 3 is 1.63 bits per heavy atom. The Hall–Kier alpha value is -4.47. The van der Waals surface area contributed by atoms with Gasteiger partial charge in [0.15, 0.2) is 12.4 Å². The Labute approximate surface area is 203 Å². The molecule has 0 amide bonds. The van der Waals surface area contributed by atoms with E-state index in [1.807, 2.05) is 12.1 Å². The first kappa shape index (κ1) is 25.2. The molecule has 0 unspecified atom stereocenters. The van der Waals surface area contributed by atoms with Gasteiger partial charge in [-0.05, 0) is 54.6 Å². The van der Waals surface area contributed by atoms with Crippen molar-refractivity contribution in [3.05, 3.63) is 109 Å². The zero-order chi connectivity index (χ0) is 25.1. The van der Waals surface area contributed by atoms with Crippen molar-refractivity contribution in [2.24, 2.45) is 0 Å². The lowest BCUT2D eigenvalue weighted by atomic mass is 10.2. The van der Waals surface area contributed by atoms with Gasteiger partial charge in [-0.3, -0.25) is 0 Å². The highest BCUT2D eigenvalue weighted by atomic mass is 31.2. The number of ether oxygens (including phenoxy) is 2. The third-order valence-corrected chi connectivity index (χ3v) is 6.22. The van der Waals surface area contributed by atoms with Gasteiger partial charge in [0, 0.05) is 12.1 Å². The standard InChI is InChI=1S/C19H19NO5P.C7H5NO/c1-22-16-6-10-18(11-7-16)24-26(21,20-14-4-3-5-15-20)25-19-12-8-17(23-2)9-13-19;8-5-6-2-1-3-7(9)4-6/h3-15H,1-2H3;1-4,9H/q+1;/p-1. The Bertz CT molecular complexity index is 1250. The van der Waals surface area contributed by atoms with Crippen LogP contribution in [0, 0.1) is 11.3 Å². The molecule has 0 aliphatic carbocycles. The van der Waals surface area contributed by atoms with Crippen molar-refractivity contribution in [1.29, 1.82) is 5.26 Å². The zero-order valence-electron chi connectivity index (χ0n) is 19.1. The van der Waals surface area contributed by atoms with Gasteiger partial charge in [-0.2, -0.15) is 9.83 Å². The molecule has 4 aromatic rings. The summed E-state index contributed by atoms with van der Waals surface area (Å²) in [6.07, 6.45) is 3.27. The molecule has 35 heavy (non-hydrogen) atoms. The number of nitrogens with zero attached hydrogens (tertiary/aromatic N) is 2. The van der Waals surface area contributed by atoms with Crippen molar-refractivity contribution >= 4 is 7.75 Å². The van der Waals surface area contributed by atoms with Crippen molar-refractivity contribution in [2.75, 3.05) is 14.2 Å². The van der Waals surface area contributed by atoms with E-state index >= 15 is 0 Å². The van der Waals surface area contributed by atoms with E-state index in [0.717, 1.165) is 0 Å². The van der Waals surface area contributed by atoms with E-state index in [-0.39, 0.29) is 5.75 Å². The first-order chi connectivity index (χ1) is 17.0. The van der Waals surface area contributed by atoms with Crippen LogP contribution in [0.2, 0.25) is 0 Å². The summed E-state index contributed by atoms with van der Waals surface area (Å²) in [4.78, 5) is 0. The first-order valence-electron chi connectivity index (χ1n) is 10.4. The maximum Gasteiger partial charge on any atom is 0.728 e. The van der Waals surface area contributed by atoms with Crippen molar-refractivity contribution in [1.82, 2.24) is 0 Å². The van der Waals surface area contributed by atoms with Crippen molar-refractivity contribution in [3.8, 4) is 34.8 Å². The van der Waals surface area contributed by atoms with E-state index in [9.17, 15) is 9.67 Å². The lowest BCUT2D eigenvalue weighted by Crippen LogP contribution is -2.34. The largest absolute Gasteiger partial charge is 0.872 e. The summed E-state index contributed by atoms with van der Waals surface area (Å²) >= 11 is 0. The number of hydrogen-bond acceptors (Lipinski definition) is 7. The van der Waals surface area contributed by atoms with Crippen LogP contribution < -0.4 is 28.0 Å². The van der Waals surface area contributed by atoms with Crippen molar-refractivity contribution in [3.63, 3.8) is 0 Å². The summed E-state index contributed by atoms with van der Waals surface area (Å²) in [6, 6.07) is 26.7. The van der Waals surface area contributed by atoms with Crippen molar-refractivity contribution < 1.29 is 32.5 Å². The summed E-state index contributed by atoms with van der Waals surface area (Å²) in [6.45, 7) is 0. The number of pyridine rings is 1. The Kier molecular flexibility index (Phi) is 8.71. The average Bonchev–Trinajstić information content (AvgIpc) is 2.90. The molecular weight excluding hydrogens is 467 g/mol. The smallest absolute Gasteiger partial charge is 0.728 e. The number of methoxy groups -OCH3 is 2. The molecule has 0 aliphatic rings. The number of hydrogen-bond donors (Lipinski definition) is 0. The number of benzene rings is 3. The molecule has 0 spiro atoms. The van der Waals surface area contributed by atoms with Crippen LogP contribution in [0.3, 0.4) is 0 Å². The summed E-state index contributed by atoms with van der Waals surface area (Å²) < 4.78 is 36.7. The average molecular weight is 490 g/mol. The maximum absolute atomic E-state index is 13.5. The summed E-state index contributed by atoms with van der Waals surface area (Å²) in [7, 11) is -0.574. The van der Waals surface area contributed by atoms with Crippen LogP contribution in [0.25, 0.3) is 0 Å². The molecule has 8 nitrogen and oxygen atoms in total. The fourth-order valence-electron chi connectivity index (χ4n) is 2.77. The molecule has 0 atom stereocenters. The molecule has 0 N–H and O–H groups in total. The summed E-state index contributed by atoms with van der Waals surface area (Å²) in [5.41, 5.74) is 0.419. The van der Waals surface area contributed by atoms with Crippen LogP contribution in [0.1, 0.15) is 5.56 Å². The molecule has 4 rings (SSSR count).